The second-order valence-electron chi connectivity index (χ2n) is 10.8. The monoisotopic (exact) mass is 588 g/mol. The minimum Gasteiger partial charge on any atom is -0.391 e. The predicted octanol–water partition coefficient (Wildman–Crippen LogP) is 3.51. The Hall–Kier alpha value is -4.05. The maximum atomic E-state index is 13.5. The number of β-amino-alcohol motifs (C(OH)–C–C–N with tert-alkyl or cyclic N) is 1. The number of likely N-dealkylation sites (tertiary alicyclic amines) is 1. The summed E-state index contributed by atoms with van der Waals surface area (Å²) in [5.41, 5.74) is 5.10. The number of piperazine rings is 1. The number of halogens is 1. The summed E-state index contributed by atoms with van der Waals surface area (Å²) in [5, 5.41) is 25.1. The van der Waals surface area contributed by atoms with Gasteiger partial charge in [0.1, 0.15) is 22.5 Å². The van der Waals surface area contributed by atoms with Crippen molar-refractivity contribution < 1.29 is 14.3 Å². The molecule has 2 fully saturated rings. The van der Waals surface area contributed by atoms with Gasteiger partial charge in [0.25, 0.3) is 0 Å². The van der Waals surface area contributed by atoms with E-state index in [-0.39, 0.29) is 11.7 Å². The molecule has 1 unspecified atom stereocenters. The Morgan fingerprint density at radius 1 is 1.19 bits per heavy atom. The Morgan fingerprint density at radius 3 is 2.62 bits per heavy atom. The van der Waals surface area contributed by atoms with E-state index >= 15 is 0 Å². The number of rotatable bonds is 7. The quantitative estimate of drug-likeness (QED) is 0.350. The first-order chi connectivity index (χ1) is 20.3. The van der Waals surface area contributed by atoms with Crippen LogP contribution < -0.4 is 9.80 Å². The summed E-state index contributed by atoms with van der Waals surface area (Å²) in [6.07, 6.45) is 2.95. The molecule has 4 aromatic rings. The molecule has 42 heavy (non-hydrogen) atoms. The molecule has 1 aromatic carbocycles. The second kappa shape index (κ2) is 11.7. The number of aromatic nitrogens is 3. The topological polar surface area (TPSA) is 104 Å². The number of aryl methyl sites for hydroxylation is 1. The highest BCUT2D eigenvalue weighted by atomic mass is 32.1. The van der Waals surface area contributed by atoms with Crippen molar-refractivity contribution in [1.29, 1.82) is 5.26 Å². The SMILES string of the molecule is CCc1nn2ccc(N3CCN(CC(=O)N4CCC(O)C4)CC3)cc2c1N(C)c1nc(-c2ccc(F)cc2)c(C#N)s1. The van der Waals surface area contributed by atoms with Gasteiger partial charge in [-0.15, -0.1) is 0 Å². The number of nitriles is 1. The smallest absolute Gasteiger partial charge is 0.236 e. The molecule has 0 aliphatic carbocycles. The fourth-order valence-electron chi connectivity index (χ4n) is 5.72. The minimum absolute atomic E-state index is 0.0878. The third-order valence-electron chi connectivity index (χ3n) is 8.07. The second-order valence-corrected chi connectivity index (χ2v) is 11.7. The van der Waals surface area contributed by atoms with Gasteiger partial charge in [0, 0.05) is 63.8 Å². The van der Waals surface area contributed by atoms with E-state index in [1.807, 2.05) is 22.7 Å². The average molecular weight is 589 g/mol. The summed E-state index contributed by atoms with van der Waals surface area (Å²) in [6.45, 7) is 6.67. The number of anilines is 3. The van der Waals surface area contributed by atoms with Crippen LogP contribution in [-0.2, 0) is 11.2 Å². The summed E-state index contributed by atoms with van der Waals surface area (Å²) < 4.78 is 15.4. The van der Waals surface area contributed by atoms with Crippen LogP contribution in [0.4, 0.5) is 20.9 Å². The van der Waals surface area contributed by atoms with Crippen LogP contribution in [0.5, 0.6) is 0 Å². The van der Waals surface area contributed by atoms with Crippen molar-refractivity contribution in [3.8, 4) is 17.3 Å². The minimum atomic E-state index is -0.401. The fourth-order valence-corrected chi connectivity index (χ4v) is 6.58. The zero-order chi connectivity index (χ0) is 29.4. The van der Waals surface area contributed by atoms with Crippen molar-refractivity contribution in [2.45, 2.75) is 25.9 Å². The Labute approximate surface area is 247 Å². The van der Waals surface area contributed by atoms with Gasteiger partial charge < -0.3 is 19.8 Å². The predicted molar refractivity (Wildman–Crippen MR) is 161 cm³/mol. The van der Waals surface area contributed by atoms with Crippen LogP contribution in [0.2, 0.25) is 0 Å². The van der Waals surface area contributed by atoms with Crippen LogP contribution in [0, 0.1) is 17.1 Å². The molecule has 0 spiro atoms. The van der Waals surface area contributed by atoms with E-state index in [2.05, 4.69) is 34.9 Å². The van der Waals surface area contributed by atoms with Gasteiger partial charge in [0.2, 0.25) is 5.91 Å². The number of fused-ring (bicyclic) bond motifs is 1. The van der Waals surface area contributed by atoms with E-state index in [4.69, 9.17) is 10.1 Å². The van der Waals surface area contributed by atoms with E-state index in [0.717, 1.165) is 55.2 Å². The van der Waals surface area contributed by atoms with Crippen molar-refractivity contribution in [2.24, 2.45) is 0 Å². The Kier molecular flexibility index (Phi) is 7.81. The first-order valence-electron chi connectivity index (χ1n) is 14.2. The van der Waals surface area contributed by atoms with Gasteiger partial charge >= 0.3 is 0 Å². The summed E-state index contributed by atoms with van der Waals surface area (Å²) >= 11 is 1.30. The third-order valence-corrected chi connectivity index (χ3v) is 9.10. The lowest BCUT2D eigenvalue weighted by Crippen LogP contribution is -2.50. The van der Waals surface area contributed by atoms with Gasteiger partial charge in [-0.2, -0.15) is 10.4 Å². The van der Waals surface area contributed by atoms with Gasteiger partial charge in [-0.05, 0) is 49.2 Å². The average Bonchev–Trinajstić information content (AvgIpc) is 3.73. The molecule has 2 saturated heterocycles. The molecule has 10 nitrogen and oxygen atoms in total. The molecule has 0 radical (unpaired) electrons. The molecule has 6 rings (SSSR count). The van der Waals surface area contributed by atoms with E-state index in [0.29, 0.717) is 47.3 Å². The third kappa shape index (κ3) is 5.43. The van der Waals surface area contributed by atoms with Gasteiger partial charge in [-0.3, -0.25) is 9.69 Å². The molecule has 0 bridgehead atoms. The lowest BCUT2D eigenvalue weighted by Gasteiger charge is -2.36. The van der Waals surface area contributed by atoms with Crippen LogP contribution in [0.15, 0.2) is 42.6 Å². The molecular formula is C30H33FN8O2S. The van der Waals surface area contributed by atoms with Crippen LogP contribution in [0.1, 0.15) is 23.9 Å². The lowest BCUT2D eigenvalue weighted by molar-refractivity contribution is -0.131. The highest BCUT2D eigenvalue weighted by Gasteiger charge is 2.28. The molecule has 3 aromatic heterocycles. The van der Waals surface area contributed by atoms with Crippen molar-refractivity contribution in [1.82, 2.24) is 24.4 Å². The van der Waals surface area contributed by atoms with Crippen molar-refractivity contribution in [3.05, 3.63) is 59.0 Å². The maximum Gasteiger partial charge on any atom is 0.236 e. The number of aliphatic hydroxyl groups excluding tert-OH is 1. The summed E-state index contributed by atoms with van der Waals surface area (Å²) in [7, 11) is 1.94. The zero-order valence-electron chi connectivity index (χ0n) is 23.7. The Morgan fingerprint density at radius 2 is 1.95 bits per heavy atom. The Balaban J connectivity index is 1.22. The summed E-state index contributed by atoms with van der Waals surface area (Å²) in [4.78, 5) is 26.2. The highest BCUT2D eigenvalue weighted by Crippen LogP contribution is 2.39. The molecule has 0 saturated carbocycles. The van der Waals surface area contributed by atoms with Crippen molar-refractivity contribution in [3.63, 3.8) is 0 Å². The van der Waals surface area contributed by atoms with Gasteiger partial charge in [-0.1, -0.05) is 18.3 Å². The first-order valence-corrected chi connectivity index (χ1v) is 15.0. The number of nitrogens with zero attached hydrogens (tertiary/aromatic N) is 8. The summed E-state index contributed by atoms with van der Waals surface area (Å²) in [6, 6.07) is 12.5. The largest absolute Gasteiger partial charge is 0.391 e. The zero-order valence-corrected chi connectivity index (χ0v) is 24.5. The van der Waals surface area contributed by atoms with E-state index in [9.17, 15) is 19.6 Å². The summed E-state index contributed by atoms with van der Waals surface area (Å²) in [5.74, 6) is -0.248. The van der Waals surface area contributed by atoms with E-state index in [1.165, 1.54) is 23.5 Å². The van der Waals surface area contributed by atoms with Crippen LogP contribution in [-0.4, -0.2) is 94.4 Å². The van der Waals surface area contributed by atoms with Crippen LogP contribution >= 0.6 is 11.3 Å². The molecule has 2 aliphatic rings. The van der Waals surface area contributed by atoms with Crippen molar-refractivity contribution in [2.75, 3.05) is 62.7 Å². The number of thiazole rings is 1. The molecule has 1 N–H and O–H groups in total. The number of hydrogen-bond acceptors (Lipinski definition) is 9. The van der Waals surface area contributed by atoms with Gasteiger partial charge in [0.15, 0.2) is 5.13 Å². The Bertz CT molecular complexity index is 1640. The number of pyridine rings is 1. The van der Waals surface area contributed by atoms with Crippen LogP contribution in [0.3, 0.4) is 0 Å². The van der Waals surface area contributed by atoms with Crippen LogP contribution in [0.25, 0.3) is 16.8 Å². The van der Waals surface area contributed by atoms with E-state index < -0.39 is 6.10 Å². The molecule has 1 atom stereocenters. The maximum absolute atomic E-state index is 13.5. The molecule has 12 heteroatoms. The molecule has 2 aliphatic heterocycles. The first kappa shape index (κ1) is 28.1. The van der Waals surface area contributed by atoms with Crippen molar-refractivity contribution >= 4 is 39.3 Å². The molecule has 5 heterocycles. The molecular weight excluding hydrogens is 555 g/mol. The normalized spacial score (nSPS) is 17.6. The standard InChI is InChI=1S/C30H33FN8O2S/c1-3-24-29(35(2)30-33-28(26(17-32)42-30)20-4-6-21(31)7-5-20)25-16-22(8-11-39(25)34-24)37-14-12-36(13-15-37)19-27(41)38-10-9-23(40)18-38/h4-8,11,16,23,40H,3,9-10,12-15,18-19H2,1-2H3. The number of hydrogen-bond donors (Lipinski definition) is 1. The molecule has 218 valence electrons. The number of benzene rings is 1. The number of carbonyl (C=O) groups is 1. The van der Waals surface area contributed by atoms with Gasteiger partial charge in [-0.25, -0.2) is 13.9 Å². The number of aliphatic hydroxyl groups is 1. The fraction of sp³-hybridized carbons (Fsp3) is 0.400. The number of amides is 1. The molecule has 1 amide bonds. The lowest BCUT2D eigenvalue weighted by atomic mass is 10.1. The highest BCUT2D eigenvalue weighted by molar-refractivity contribution is 7.16. The van der Waals surface area contributed by atoms with Gasteiger partial charge in [0.05, 0.1) is 29.5 Å². The number of carbonyl (C=O) groups excluding carboxylic acids is 1. The van der Waals surface area contributed by atoms with E-state index in [1.54, 1.807) is 17.0 Å².